The van der Waals surface area contributed by atoms with Crippen molar-refractivity contribution in [2.45, 2.75) is 57.8 Å². The zero-order chi connectivity index (χ0) is 12.8. The highest BCUT2D eigenvalue weighted by molar-refractivity contribution is 5.02. The maximum Gasteiger partial charge on any atom is 0.260 e. The molecule has 3 heteroatoms. The van der Waals surface area contributed by atoms with Crippen molar-refractivity contribution in [3.63, 3.8) is 0 Å². The Morgan fingerprint density at radius 1 is 1.06 bits per heavy atom. The van der Waals surface area contributed by atoms with Crippen LogP contribution in [0, 0.1) is 23.2 Å². The van der Waals surface area contributed by atoms with Gasteiger partial charge in [-0.15, -0.1) is 0 Å². The first kappa shape index (κ1) is 12.8. The van der Waals surface area contributed by atoms with Gasteiger partial charge in [0.1, 0.15) is 0 Å². The van der Waals surface area contributed by atoms with Gasteiger partial charge in [-0.05, 0) is 61.7 Å². The van der Waals surface area contributed by atoms with Gasteiger partial charge < -0.3 is 5.32 Å². The maximum atomic E-state index is 13.2. The van der Waals surface area contributed by atoms with E-state index >= 15 is 0 Å². The molecule has 0 saturated heterocycles. The summed E-state index contributed by atoms with van der Waals surface area (Å²) < 4.78 is 26.5. The summed E-state index contributed by atoms with van der Waals surface area (Å²) in [6, 6.07) is 0. The van der Waals surface area contributed by atoms with E-state index < -0.39 is 5.92 Å². The standard InChI is InChI=1S/C15H25F2N/c1-2-15(16,17)10-18-9-14-6-11-3-12(7-14)5-13(4-11)8-14/h11-13,18H,2-10H2,1H3. The van der Waals surface area contributed by atoms with Crippen LogP contribution in [0.2, 0.25) is 0 Å². The van der Waals surface area contributed by atoms with Crippen LogP contribution in [-0.2, 0) is 0 Å². The van der Waals surface area contributed by atoms with Crippen LogP contribution in [0.4, 0.5) is 8.78 Å². The summed E-state index contributed by atoms with van der Waals surface area (Å²) in [4.78, 5) is 0. The number of hydrogen-bond acceptors (Lipinski definition) is 1. The molecular weight excluding hydrogens is 232 g/mol. The second-order valence-corrected chi connectivity index (χ2v) is 7.23. The molecule has 4 saturated carbocycles. The highest BCUT2D eigenvalue weighted by Gasteiger charge is 2.50. The summed E-state index contributed by atoms with van der Waals surface area (Å²) in [7, 11) is 0. The molecular formula is C15H25F2N. The van der Waals surface area contributed by atoms with Crippen LogP contribution < -0.4 is 5.32 Å². The lowest BCUT2D eigenvalue weighted by atomic mass is 9.49. The molecule has 0 spiro atoms. The van der Waals surface area contributed by atoms with E-state index in [1.165, 1.54) is 38.5 Å². The molecule has 0 aromatic carbocycles. The third kappa shape index (κ3) is 2.43. The Kier molecular flexibility index (Phi) is 3.16. The summed E-state index contributed by atoms with van der Waals surface area (Å²) in [5.74, 6) is 0.196. The van der Waals surface area contributed by atoms with Crippen molar-refractivity contribution >= 4 is 0 Å². The van der Waals surface area contributed by atoms with E-state index in [1.54, 1.807) is 6.92 Å². The molecule has 0 aliphatic heterocycles. The summed E-state index contributed by atoms with van der Waals surface area (Å²) in [5, 5.41) is 3.08. The van der Waals surface area contributed by atoms with E-state index in [9.17, 15) is 8.78 Å². The molecule has 4 bridgehead atoms. The van der Waals surface area contributed by atoms with Crippen molar-refractivity contribution in [1.29, 1.82) is 0 Å². The lowest BCUT2D eigenvalue weighted by Gasteiger charge is -2.57. The minimum absolute atomic E-state index is 0.0547. The first-order valence-corrected chi connectivity index (χ1v) is 7.59. The van der Waals surface area contributed by atoms with Crippen LogP contribution in [0.25, 0.3) is 0 Å². The molecule has 4 fully saturated rings. The Hall–Kier alpha value is -0.180. The van der Waals surface area contributed by atoms with Crippen LogP contribution in [0.15, 0.2) is 0 Å². The molecule has 4 rings (SSSR count). The summed E-state index contributed by atoms with van der Waals surface area (Å²) in [6.07, 6.45) is 8.09. The number of alkyl halides is 2. The largest absolute Gasteiger partial charge is 0.311 e. The molecule has 0 atom stereocenters. The Labute approximate surface area is 109 Å². The van der Waals surface area contributed by atoms with Crippen LogP contribution in [0.1, 0.15) is 51.9 Å². The van der Waals surface area contributed by atoms with Crippen molar-refractivity contribution in [1.82, 2.24) is 5.32 Å². The number of nitrogens with one attached hydrogen (secondary N) is 1. The third-order valence-electron chi connectivity index (χ3n) is 5.57. The number of hydrogen-bond donors (Lipinski definition) is 1. The molecule has 0 heterocycles. The maximum absolute atomic E-state index is 13.2. The van der Waals surface area contributed by atoms with Crippen molar-refractivity contribution in [2.24, 2.45) is 23.2 Å². The van der Waals surface area contributed by atoms with Crippen molar-refractivity contribution < 1.29 is 8.78 Å². The third-order valence-corrected chi connectivity index (χ3v) is 5.57. The Morgan fingerprint density at radius 3 is 2.00 bits per heavy atom. The molecule has 18 heavy (non-hydrogen) atoms. The van der Waals surface area contributed by atoms with Gasteiger partial charge in [-0.25, -0.2) is 8.78 Å². The lowest BCUT2D eigenvalue weighted by Crippen LogP contribution is -2.51. The highest BCUT2D eigenvalue weighted by atomic mass is 19.3. The van der Waals surface area contributed by atoms with Gasteiger partial charge in [0.25, 0.3) is 5.92 Å². The zero-order valence-corrected chi connectivity index (χ0v) is 11.4. The predicted molar refractivity (Wildman–Crippen MR) is 68.7 cm³/mol. The van der Waals surface area contributed by atoms with Crippen molar-refractivity contribution in [2.75, 3.05) is 13.1 Å². The molecule has 4 aliphatic rings. The quantitative estimate of drug-likeness (QED) is 0.789. The van der Waals surface area contributed by atoms with Crippen LogP contribution in [-0.4, -0.2) is 19.0 Å². The van der Waals surface area contributed by atoms with E-state index in [2.05, 4.69) is 5.32 Å². The van der Waals surface area contributed by atoms with E-state index in [0.29, 0.717) is 5.41 Å². The number of rotatable bonds is 5. The average molecular weight is 257 g/mol. The molecule has 0 radical (unpaired) electrons. The lowest BCUT2D eigenvalue weighted by molar-refractivity contribution is -0.0576. The van der Waals surface area contributed by atoms with Crippen molar-refractivity contribution in [3.8, 4) is 0 Å². The van der Waals surface area contributed by atoms with E-state index in [-0.39, 0.29) is 13.0 Å². The fourth-order valence-corrected chi connectivity index (χ4v) is 5.14. The molecule has 0 aromatic heterocycles. The van der Waals surface area contributed by atoms with Gasteiger partial charge in [0, 0.05) is 13.0 Å². The van der Waals surface area contributed by atoms with Crippen LogP contribution in [0.3, 0.4) is 0 Å². The topological polar surface area (TPSA) is 12.0 Å². The minimum Gasteiger partial charge on any atom is -0.311 e. The van der Waals surface area contributed by atoms with E-state index in [4.69, 9.17) is 0 Å². The van der Waals surface area contributed by atoms with Gasteiger partial charge in [0.15, 0.2) is 0 Å². The smallest absolute Gasteiger partial charge is 0.260 e. The second-order valence-electron chi connectivity index (χ2n) is 7.23. The molecule has 4 aliphatic carbocycles. The van der Waals surface area contributed by atoms with Gasteiger partial charge in [-0.3, -0.25) is 0 Å². The summed E-state index contributed by atoms with van der Waals surface area (Å²) in [6.45, 7) is 2.25. The molecule has 1 nitrogen and oxygen atoms in total. The van der Waals surface area contributed by atoms with Crippen molar-refractivity contribution in [3.05, 3.63) is 0 Å². The normalized spacial score (nSPS) is 42.5. The minimum atomic E-state index is -2.53. The van der Waals surface area contributed by atoms with Gasteiger partial charge in [-0.1, -0.05) is 6.92 Å². The van der Waals surface area contributed by atoms with Crippen LogP contribution >= 0.6 is 0 Å². The summed E-state index contributed by atoms with van der Waals surface area (Å²) >= 11 is 0. The summed E-state index contributed by atoms with van der Waals surface area (Å²) in [5.41, 5.74) is 0.374. The fraction of sp³-hybridized carbons (Fsp3) is 1.00. The highest BCUT2D eigenvalue weighted by Crippen LogP contribution is 2.59. The van der Waals surface area contributed by atoms with Crippen LogP contribution in [0.5, 0.6) is 0 Å². The molecule has 0 amide bonds. The van der Waals surface area contributed by atoms with Gasteiger partial charge >= 0.3 is 0 Å². The van der Waals surface area contributed by atoms with Gasteiger partial charge in [0.05, 0.1) is 6.54 Å². The SMILES string of the molecule is CCC(F)(F)CNCC12CC3CC(CC(C3)C1)C2. The Balaban J connectivity index is 1.56. The molecule has 104 valence electrons. The number of halogens is 2. The first-order chi connectivity index (χ1) is 8.50. The predicted octanol–water partition coefficient (Wildman–Crippen LogP) is 3.84. The molecule has 0 aromatic rings. The average Bonchev–Trinajstić information content (AvgIpc) is 2.26. The van der Waals surface area contributed by atoms with E-state index in [1.807, 2.05) is 0 Å². The molecule has 1 N–H and O–H groups in total. The zero-order valence-electron chi connectivity index (χ0n) is 11.4. The monoisotopic (exact) mass is 257 g/mol. The molecule has 0 unspecified atom stereocenters. The fourth-order valence-electron chi connectivity index (χ4n) is 5.14. The Morgan fingerprint density at radius 2 is 1.56 bits per heavy atom. The Bertz CT molecular complexity index is 278. The first-order valence-electron chi connectivity index (χ1n) is 7.59. The second kappa shape index (κ2) is 4.43. The van der Waals surface area contributed by atoms with Gasteiger partial charge in [0.2, 0.25) is 0 Å². The van der Waals surface area contributed by atoms with Gasteiger partial charge in [-0.2, -0.15) is 0 Å². The van der Waals surface area contributed by atoms with E-state index in [0.717, 1.165) is 24.3 Å².